The molecule has 3 heteroatoms. The van der Waals surface area contributed by atoms with Crippen LogP contribution in [0.4, 0.5) is 5.69 Å². The molecule has 0 atom stereocenters. The SMILES string of the molecule is c1cc(Oc2ccc3c(c2)CCN3)ccn1. The monoisotopic (exact) mass is 212 g/mol. The third-order valence-corrected chi connectivity index (χ3v) is 2.67. The lowest BCUT2D eigenvalue weighted by molar-refractivity contribution is 0.481. The molecule has 1 aromatic carbocycles. The fraction of sp³-hybridized carbons (Fsp3) is 0.154. The van der Waals surface area contributed by atoms with Gasteiger partial charge >= 0.3 is 0 Å². The van der Waals surface area contributed by atoms with Crippen LogP contribution in [0.3, 0.4) is 0 Å². The van der Waals surface area contributed by atoms with Crippen molar-refractivity contribution in [1.82, 2.24) is 4.98 Å². The molecule has 0 aliphatic carbocycles. The van der Waals surface area contributed by atoms with Crippen LogP contribution in [0.2, 0.25) is 0 Å². The van der Waals surface area contributed by atoms with Crippen LogP contribution in [0.1, 0.15) is 5.56 Å². The van der Waals surface area contributed by atoms with E-state index in [2.05, 4.69) is 22.4 Å². The summed E-state index contributed by atoms with van der Waals surface area (Å²) in [6.45, 7) is 1.02. The Bertz CT molecular complexity index is 497. The normalized spacial score (nSPS) is 13.0. The van der Waals surface area contributed by atoms with Crippen molar-refractivity contribution in [2.75, 3.05) is 11.9 Å². The number of hydrogen-bond donors (Lipinski definition) is 1. The smallest absolute Gasteiger partial charge is 0.130 e. The summed E-state index contributed by atoms with van der Waals surface area (Å²) in [6, 6.07) is 9.85. The summed E-state index contributed by atoms with van der Waals surface area (Å²) >= 11 is 0. The van der Waals surface area contributed by atoms with E-state index in [9.17, 15) is 0 Å². The third-order valence-electron chi connectivity index (χ3n) is 2.67. The Hall–Kier alpha value is -2.03. The molecule has 16 heavy (non-hydrogen) atoms. The van der Waals surface area contributed by atoms with E-state index in [1.807, 2.05) is 18.2 Å². The highest BCUT2D eigenvalue weighted by atomic mass is 16.5. The molecule has 1 aliphatic rings. The Morgan fingerprint density at radius 1 is 1.06 bits per heavy atom. The number of aromatic nitrogens is 1. The Kier molecular flexibility index (Phi) is 2.22. The second-order valence-corrected chi connectivity index (χ2v) is 3.78. The van der Waals surface area contributed by atoms with Crippen LogP contribution in [0.5, 0.6) is 11.5 Å². The fourth-order valence-electron chi connectivity index (χ4n) is 1.89. The first-order chi connectivity index (χ1) is 7.92. The van der Waals surface area contributed by atoms with Crippen LogP contribution < -0.4 is 10.1 Å². The first-order valence-corrected chi connectivity index (χ1v) is 5.36. The first kappa shape index (κ1) is 9.21. The molecule has 0 fully saturated rings. The minimum absolute atomic E-state index is 0.820. The number of rotatable bonds is 2. The van der Waals surface area contributed by atoms with Crippen LogP contribution in [0.25, 0.3) is 0 Å². The minimum Gasteiger partial charge on any atom is -0.457 e. The lowest BCUT2D eigenvalue weighted by Crippen LogP contribution is -1.90. The Morgan fingerprint density at radius 3 is 2.81 bits per heavy atom. The zero-order chi connectivity index (χ0) is 10.8. The van der Waals surface area contributed by atoms with Gasteiger partial charge in [-0.05, 0) is 42.3 Å². The van der Waals surface area contributed by atoms with Crippen molar-refractivity contribution in [2.45, 2.75) is 6.42 Å². The molecule has 80 valence electrons. The first-order valence-electron chi connectivity index (χ1n) is 5.36. The molecule has 0 saturated heterocycles. The molecule has 0 unspecified atom stereocenters. The number of pyridine rings is 1. The van der Waals surface area contributed by atoms with Crippen molar-refractivity contribution in [3.63, 3.8) is 0 Å². The van der Waals surface area contributed by atoms with Gasteiger partial charge in [-0.15, -0.1) is 0 Å². The molecule has 2 aromatic rings. The van der Waals surface area contributed by atoms with Gasteiger partial charge in [0.25, 0.3) is 0 Å². The largest absolute Gasteiger partial charge is 0.457 e. The van der Waals surface area contributed by atoms with Crippen LogP contribution >= 0.6 is 0 Å². The summed E-state index contributed by atoms with van der Waals surface area (Å²) in [7, 11) is 0. The molecule has 0 radical (unpaired) electrons. The number of hydrogen-bond acceptors (Lipinski definition) is 3. The topological polar surface area (TPSA) is 34.1 Å². The molecule has 0 amide bonds. The Labute approximate surface area is 94.1 Å². The maximum atomic E-state index is 5.74. The number of benzene rings is 1. The van der Waals surface area contributed by atoms with E-state index in [0.717, 1.165) is 24.5 Å². The maximum absolute atomic E-state index is 5.74. The van der Waals surface area contributed by atoms with E-state index in [-0.39, 0.29) is 0 Å². The molecule has 1 N–H and O–H groups in total. The van der Waals surface area contributed by atoms with Gasteiger partial charge in [-0.2, -0.15) is 0 Å². The average molecular weight is 212 g/mol. The van der Waals surface area contributed by atoms with Gasteiger partial charge < -0.3 is 10.1 Å². The number of ether oxygens (including phenoxy) is 1. The number of fused-ring (bicyclic) bond motifs is 1. The quantitative estimate of drug-likeness (QED) is 0.831. The number of nitrogens with one attached hydrogen (secondary N) is 1. The number of nitrogens with zero attached hydrogens (tertiary/aromatic N) is 1. The third kappa shape index (κ3) is 1.72. The van der Waals surface area contributed by atoms with E-state index in [1.54, 1.807) is 12.4 Å². The summed E-state index contributed by atoms with van der Waals surface area (Å²) in [5, 5.41) is 3.33. The van der Waals surface area contributed by atoms with Crippen LogP contribution in [-0.2, 0) is 6.42 Å². The Balaban J connectivity index is 1.86. The second-order valence-electron chi connectivity index (χ2n) is 3.78. The summed E-state index contributed by atoms with van der Waals surface area (Å²) in [5.41, 5.74) is 2.55. The molecule has 3 rings (SSSR count). The predicted octanol–water partition coefficient (Wildman–Crippen LogP) is 2.84. The molecule has 2 heterocycles. The van der Waals surface area contributed by atoms with Gasteiger partial charge in [0.1, 0.15) is 11.5 Å². The van der Waals surface area contributed by atoms with Gasteiger partial charge in [-0.25, -0.2) is 0 Å². The standard InChI is InChI=1S/C13H12N2O/c1-2-13-10(3-8-15-13)9-12(1)16-11-4-6-14-7-5-11/h1-2,4-7,9,15H,3,8H2. The van der Waals surface area contributed by atoms with Crippen molar-refractivity contribution >= 4 is 5.69 Å². The predicted molar refractivity (Wildman–Crippen MR) is 62.9 cm³/mol. The summed E-state index contributed by atoms with van der Waals surface area (Å²) in [4.78, 5) is 3.95. The van der Waals surface area contributed by atoms with E-state index < -0.39 is 0 Å². The lowest BCUT2D eigenvalue weighted by atomic mass is 10.1. The van der Waals surface area contributed by atoms with Crippen molar-refractivity contribution < 1.29 is 4.74 Å². The van der Waals surface area contributed by atoms with E-state index in [0.29, 0.717) is 0 Å². The molecule has 0 spiro atoms. The molecular formula is C13H12N2O. The zero-order valence-corrected chi connectivity index (χ0v) is 8.81. The molecule has 1 aromatic heterocycles. The Morgan fingerprint density at radius 2 is 1.94 bits per heavy atom. The van der Waals surface area contributed by atoms with E-state index >= 15 is 0 Å². The second kappa shape index (κ2) is 3.85. The average Bonchev–Trinajstić information content (AvgIpc) is 2.77. The van der Waals surface area contributed by atoms with Crippen molar-refractivity contribution in [2.24, 2.45) is 0 Å². The lowest BCUT2D eigenvalue weighted by Gasteiger charge is -2.06. The van der Waals surface area contributed by atoms with Gasteiger partial charge in [0.05, 0.1) is 0 Å². The number of anilines is 1. The van der Waals surface area contributed by atoms with Crippen LogP contribution in [0, 0.1) is 0 Å². The van der Waals surface area contributed by atoms with Crippen molar-refractivity contribution in [3.05, 3.63) is 48.3 Å². The molecule has 3 nitrogen and oxygen atoms in total. The fourth-order valence-corrected chi connectivity index (χ4v) is 1.89. The van der Waals surface area contributed by atoms with Gasteiger partial charge in [0.15, 0.2) is 0 Å². The van der Waals surface area contributed by atoms with Gasteiger partial charge in [0.2, 0.25) is 0 Å². The minimum atomic E-state index is 0.820. The van der Waals surface area contributed by atoms with Crippen LogP contribution in [0.15, 0.2) is 42.7 Å². The summed E-state index contributed by atoms with van der Waals surface area (Å²) in [5.74, 6) is 1.70. The molecular weight excluding hydrogens is 200 g/mol. The van der Waals surface area contributed by atoms with Crippen molar-refractivity contribution in [1.29, 1.82) is 0 Å². The van der Waals surface area contributed by atoms with Gasteiger partial charge in [-0.1, -0.05) is 0 Å². The van der Waals surface area contributed by atoms with E-state index in [1.165, 1.54) is 11.3 Å². The van der Waals surface area contributed by atoms with Gasteiger partial charge in [-0.3, -0.25) is 4.98 Å². The molecule has 0 bridgehead atoms. The maximum Gasteiger partial charge on any atom is 0.130 e. The van der Waals surface area contributed by atoms with Gasteiger partial charge in [0, 0.05) is 24.6 Å². The highest BCUT2D eigenvalue weighted by Crippen LogP contribution is 2.28. The molecule has 1 aliphatic heterocycles. The van der Waals surface area contributed by atoms with Crippen LogP contribution in [-0.4, -0.2) is 11.5 Å². The van der Waals surface area contributed by atoms with Crippen molar-refractivity contribution in [3.8, 4) is 11.5 Å². The van der Waals surface area contributed by atoms with E-state index in [4.69, 9.17) is 4.74 Å². The summed E-state index contributed by atoms with van der Waals surface area (Å²) < 4.78 is 5.74. The zero-order valence-electron chi connectivity index (χ0n) is 8.81. The molecule has 0 saturated carbocycles. The highest BCUT2D eigenvalue weighted by molar-refractivity contribution is 5.58. The summed E-state index contributed by atoms with van der Waals surface area (Å²) in [6.07, 6.45) is 4.53. The highest BCUT2D eigenvalue weighted by Gasteiger charge is 2.10.